The van der Waals surface area contributed by atoms with E-state index in [0.717, 1.165) is 21.5 Å². The zero-order valence-corrected chi connectivity index (χ0v) is 19.3. The molecule has 0 bridgehead atoms. The van der Waals surface area contributed by atoms with Crippen LogP contribution < -0.4 is 5.56 Å². The zero-order chi connectivity index (χ0) is 23.9. The summed E-state index contributed by atoms with van der Waals surface area (Å²) in [5, 5.41) is 1.71. The van der Waals surface area contributed by atoms with E-state index < -0.39 is 32.7 Å². The molecule has 1 atom stereocenters. The van der Waals surface area contributed by atoms with Crippen LogP contribution in [-0.4, -0.2) is 34.1 Å². The Morgan fingerprint density at radius 3 is 2.68 bits per heavy atom. The molecule has 174 valence electrons. The van der Waals surface area contributed by atoms with Gasteiger partial charge >= 0.3 is 5.97 Å². The molecule has 8 nitrogen and oxygen atoms in total. The lowest BCUT2D eigenvalue weighted by atomic mass is 9.96. The third-order valence-corrected chi connectivity index (χ3v) is 8.26. The van der Waals surface area contributed by atoms with Crippen LogP contribution in [0.25, 0.3) is 4.96 Å². The zero-order valence-electron chi connectivity index (χ0n) is 17.6. The lowest BCUT2D eigenvalue weighted by Gasteiger charge is -2.34. The van der Waals surface area contributed by atoms with Crippen LogP contribution in [0.4, 0.5) is 4.39 Å². The average Bonchev–Trinajstić information content (AvgIpc) is 3.31. The Morgan fingerprint density at radius 1 is 1.15 bits per heavy atom. The maximum atomic E-state index is 14.4. The van der Waals surface area contributed by atoms with E-state index in [-0.39, 0.29) is 30.8 Å². The summed E-state index contributed by atoms with van der Waals surface area (Å²) < 4.78 is 48.9. The van der Waals surface area contributed by atoms with Gasteiger partial charge in [-0.1, -0.05) is 36.4 Å². The molecule has 0 radical (unpaired) electrons. The predicted molar refractivity (Wildman–Crippen MR) is 122 cm³/mol. The molecule has 0 fully saturated rings. The van der Waals surface area contributed by atoms with Crippen LogP contribution in [-0.2, 0) is 39.1 Å². The molecule has 34 heavy (non-hydrogen) atoms. The van der Waals surface area contributed by atoms with Crippen LogP contribution in [0.2, 0.25) is 0 Å². The summed E-state index contributed by atoms with van der Waals surface area (Å²) in [5.74, 6) is -1.70. The van der Waals surface area contributed by atoms with Crippen LogP contribution in [0.1, 0.15) is 16.8 Å². The Hall–Kier alpha value is -3.41. The number of thiazole rings is 1. The van der Waals surface area contributed by atoms with Gasteiger partial charge in [0.25, 0.3) is 5.56 Å². The molecule has 0 saturated heterocycles. The highest BCUT2D eigenvalue weighted by Crippen LogP contribution is 2.30. The molecule has 2 aromatic heterocycles. The van der Waals surface area contributed by atoms with Crippen LogP contribution in [0, 0.1) is 5.82 Å². The molecular formula is C23H18FN3O5S2. The quantitative estimate of drug-likeness (QED) is 0.392. The van der Waals surface area contributed by atoms with Crippen molar-refractivity contribution in [3.63, 3.8) is 0 Å². The molecule has 11 heteroatoms. The van der Waals surface area contributed by atoms with Gasteiger partial charge in [-0.25, -0.2) is 17.8 Å². The summed E-state index contributed by atoms with van der Waals surface area (Å²) in [5.41, 5.74) is 1.47. The normalized spacial score (nSPS) is 16.3. The fourth-order valence-electron chi connectivity index (χ4n) is 3.94. The van der Waals surface area contributed by atoms with Gasteiger partial charge in [0.05, 0.1) is 5.69 Å². The van der Waals surface area contributed by atoms with Gasteiger partial charge in [-0.3, -0.25) is 14.0 Å². The van der Waals surface area contributed by atoms with Crippen molar-refractivity contribution >= 4 is 32.3 Å². The first kappa shape index (κ1) is 22.4. The molecular weight excluding hydrogens is 481 g/mol. The van der Waals surface area contributed by atoms with Crippen molar-refractivity contribution in [1.29, 1.82) is 0 Å². The summed E-state index contributed by atoms with van der Waals surface area (Å²) in [6, 6.07) is 12.3. The Kier molecular flexibility index (Phi) is 5.76. The van der Waals surface area contributed by atoms with Crippen molar-refractivity contribution in [2.45, 2.75) is 30.5 Å². The predicted octanol–water partition coefficient (Wildman–Crippen LogP) is 2.75. The van der Waals surface area contributed by atoms with Crippen molar-refractivity contribution in [2.75, 3.05) is 0 Å². The van der Waals surface area contributed by atoms with Gasteiger partial charge in [-0.15, -0.1) is 11.3 Å². The topological polar surface area (TPSA) is 98.1 Å². The second-order valence-electron chi connectivity index (χ2n) is 7.72. The number of fused-ring (bicyclic) bond motifs is 2. The third kappa shape index (κ3) is 4.02. The summed E-state index contributed by atoms with van der Waals surface area (Å²) in [4.78, 5) is 29.5. The first-order valence-corrected chi connectivity index (χ1v) is 12.6. The minimum absolute atomic E-state index is 0.0722. The highest BCUT2D eigenvalue weighted by Gasteiger charge is 2.41. The number of carbonyl (C=O) groups excluding carboxylic acids is 1. The second kappa shape index (κ2) is 8.75. The van der Waals surface area contributed by atoms with Gasteiger partial charge in [0.15, 0.2) is 4.96 Å². The SMILES string of the molecule is O=C(OCc1cc(=O)n2ccsc2n1)[C@H]1Cc2ccccc2CN1S(=O)(=O)c1ccccc1F. The number of sulfonamides is 1. The summed E-state index contributed by atoms with van der Waals surface area (Å²) >= 11 is 1.26. The fourth-order valence-corrected chi connectivity index (χ4v) is 6.30. The van der Waals surface area contributed by atoms with Crippen molar-refractivity contribution < 1.29 is 22.3 Å². The number of halogens is 1. The van der Waals surface area contributed by atoms with Gasteiger partial charge < -0.3 is 4.74 Å². The molecule has 0 aliphatic carbocycles. The van der Waals surface area contributed by atoms with Crippen LogP contribution in [0.5, 0.6) is 0 Å². The first-order valence-electron chi connectivity index (χ1n) is 10.3. The van der Waals surface area contributed by atoms with Crippen LogP contribution in [0.15, 0.2) is 75.9 Å². The van der Waals surface area contributed by atoms with Crippen molar-refractivity contribution in [3.8, 4) is 0 Å². The number of esters is 1. The lowest BCUT2D eigenvalue weighted by molar-refractivity contribution is -0.150. The van der Waals surface area contributed by atoms with E-state index in [0.29, 0.717) is 4.96 Å². The maximum Gasteiger partial charge on any atom is 0.325 e. The van der Waals surface area contributed by atoms with E-state index in [9.17, 15) is 22.4 Å². The Balaban J connectivity index is 1.46. The third-order valence-electron chi connectivity index (χ3n) is 5.62. The van der Waals surface area contributed by atoms with E-state index in [4.69, 9.17) is 4.74 Å². The highest BCUT2D eigenvalue weighted by molar-refractivity contribution is 7.89. The van der Waals surface area contributed by atoms with Gasteiger partial charge in [0, 0.05) is 30.6 Å². The monoisotopic (exact) mass is 499 g/mol. The van der Waals surface area contributed by atoms with Crippen molar-refractivity contribution in [2.24, 2.45) is 0 Å². The molecule has 1 aliphatic heterocycles. The molecule has 0 spiro atoms. The molecule has 0 saturated carbocycles. The minimum Gasteiger partial charge on any atom is -0.458 e. The average molecular weight is 500 g/mol. The summed E-state index contributed by atoms with van der Waals surface area (Å²) in [7, 11) is -4.35. The number of rotatable bonds is 5. The number of aromatic nitrogens is 2. The molecule has 0 amide bonds. The van der Waals surface area contributed by atoms with E-state index >= 15 is 0 Å². The van der Waals surface area contributed by atoms with Gasteiger partial charge in [0.2, 0.25) is 10.0 Å². The van der Waals surface area contributed by atoms with Crippen molar-refractivity contribution in [3.05, 3.63) is 99.2 Å². The van der Waals surface area contributed by atoms with Crippen LogP contribution in [0.3, 0.4) is 0 Å². The number of benzene rings is 2. The van der Waals surface area contributed by atoms with Gasteiger partial charge in [-0.05, 0) is 23.3 Å². The number of hydrogen-bond acceptors (Lipinski definition) is 7. The highest BCUT2D eigenvalue weighted by atomic mass is 32.2. The van der Waals surface area contributed by atoms with E-state index in [1.54, 1.807) is 29.8 Å². The minimum atomic E-state index is -4.35. The van der Waals surface area contributed by atoms with Gasteiger partial charge in [0.1, 0.15) is 23.4 Å². The molecule has 2 aromatic carbocycles. The number of nitrogens with zero attached hydrogens (tertiary/aromatic N) is 3. The molecule has 4 aromatic rings. The van der Waals surface area contributed by atoms with Gasteiger partial charge in [-0.2, -0.15) is 4.31 Å². The summed E-state index contributed by atoms with van der Waals surface area (Å²) in [6.45, 7) is -0.401. The van der Waals surface area contributed by atoms with E-state index in [2.05, 4.69) is 4.98 Å². The maximum absolute atomic E-state index is 14.4. The standard InChI is InChI=1S/C23H18FN3O5S2/c24-18-7-3-4-8-20(18)34(30,31)27-13-16-6-2-1-5-15(16)11-19(27)22(29)32-14-17-12-21(28)26-9-10-33-23(26)25-17/h1-10,12,19H,11,13-14H2/t19-/m1/s1. The molecule has 0 N–H and O–H groups in total. The molecule has 5 rings (SSSR count). The van der Waals surface area contributed by atoms with E-state index in [1.165, 1.54) is 40.0 Å². The lowest BCUT2D eigenvalue weighted by Crippen LogP contribution is -2.49. The Bertz CT molecular complexity index is 1560. The van der Waals surface area contributed by atoms with E-state index in [1.807, 2.05) is 6.07 Å². The van der Waals surface area contributed by atoms with Crippen molar-refractivity contribution in [1.82, 2.24) is 13.7 Å². The molecule has 0 unspecified atom stereocenters. The molecule has 3 heterocycles. The number of hydrogen-bond donors (Lipinski definition) is 0. The number of ether oxygens (including phenoxy) is 1. The fraction of sp³-hybridized carbons (Fsp3) is 0.174. The smallest absolute Gasteiger partial charge is 0.325 e. The Morgan fingerprint density at radius 2 is 1.88 bits per heavy atom. The van der Waals surface area contributed by atoms with Crippen LogP contribution >= 0.6 is 11.3 Å². The Labute approximate surface area is 197 Å². The second-order valence-corrected chi connectivity index (χ2v) is 10.5. The first-order chi connectivity index (χ1) is 16.3. The largest absolute Gasteiger partial charge is 0.458 e. The summed E-state index contributed by atoms with van der Waals surface area (Å²) in [6.07, 6.45) is 1.67. The molecule has 1 aliphatic rings. The number of carbonyl (C=O) groups is 1.